The average Bonchev–Trinajstić information content (AvgIpc) is 3.03. The molecular weight excluding hydrogens is 536 g/mol. The van der Waals surface area contributed by atoms with Gasteiger partial charge >= 0.3 is 5.97 Å². The molecule has 260 valence electrons. The van der Waals surface area contributed by atoms with Crippen LogP contribution in [0.4, 0.5) is 0 Å². The molecule has 0 aliphatic heterocycles. The van der Waals surface area contributed by atoms with Crippen molar-refractivity contribution in [3.63, 3.8) is 0 Å². The lowest BCUT2D eigenvalue weighted by Gasteiger charge is -2.05. The molecule has 0 spiro atoms. The van der Waals surface area contributed by atoms with Crippen LogP contribution >= 0.6 is 0 Å². The number of hydrogen-bond donors (Lipinski definition) is 0. The average molecular weight is 617 g/mol. The second-order valence-electron chi connectivity index (χ2n) is 13.6. The maximum Gasteiger partial charge on any atom is 0.305 e. The first-order chi connectivity index (χ1) is 21.8. The van der Waals surface area contributed by atoms with Crippen LogP contribution < -0.4 is 0 Å². The zero-order chi connectivity index (χ0) is 31.9. The number of ether oxygens (including phenoxy) is 1. The molecule has 2 heteroatoms. The van der Waals surface area contributed by atoms with Gasteiger partial charge in [-0.25, -0.2) is 0 Å². The number of carbonyl (C=O) groups excluding carboxylic acids is 1. The van der Waals surface area contributed by atoms with Gasteiger partial charge in [0.05, 0.1) is 6.61 Å². The van der Waals surface area contributed by atoms with E-state index in [-0.39, 0.29) is 5.97 Å². The number of hydrogen-bond acceptors (Lipinski definition) is 2. The summed E-state index contributed by atoms with van der Waals surface area (Å²) in [7, 11) is 0. The van der Waals surface area contributed by atoms with Gasteiger partial charge < -0.3 is 4.74 Å². The summed E-state index contributed by atoms with van der Waals surface area (Å²) in [5, 5.41) is 0. The van der Waals surface area contributed by atoms with E-state index in [2.05, 4.69) is 38.2 Å². The van der Waals surface area contributed by atoms with E-state index in [1.807, 2.05) is 0 Å². The molecule has 0 amide bonds. The van der Waals surface area contributed by atoms with E-state index in [9.17, 15) is 4.79 Å². The molecule has 0 rings (SSSR count). The first-order valence-electron chi connectivity index (χ1n) is 20.3. The van der Waals surface area contributed by atoms with Gasteiger partial charge in [-0.15, -0.1) is 0 Å². The van der Waals surface area contributed by atoms with Gasteiger partial charge in [-0.1, -0.05) is 186 Å². The molecule has 0 N–H and O–H groups in total. The first-order valence-corrected chi connectivity index (χ1v) is 20.3. The molecule has 0 fully saturated rings. The summed E-state index contributed by atoms with van der Waals surface area (Å²) in [6, 6.07) is 0. The highest BCUT2D eigenvalue weighted by Crippen LogP contribution is 2.14. The predicted octanol–water partition coefficient (Wildman–Crippen LogP) is 14.9. The van der Waals surface area contributed by atoms with Gasteiger partial charge in [-0.3, -0.25) is 4.79 Å². The Kier molecular flexibility index (Phi) is 39.0. The normalized spacial score (nSPS) is 11.8. The Labute approximate surface area is 278 Å². The second kappa shape index (κ2) is 40.0. The van der Waals surface area contributed by atoms with Crippen molar-refractivity contribution >= 4 is 5.97 Å². The summed E-state index contributed by atoms with van der Waals surface area (Å²) < 4.78 is 5.46. The Hall–Kier alpha value is -1.05. The Morgan fingerprint density at radius 2 is 0.636 bits per heavy atom. The minimum atomic E-state index is 0.0195. The second-order valence-corrected chi connectivity index (χ2v) is 13.6. The monoisotopic (exact) mass is 617 g/mol. The summed E-state index contributed by atoms with van der Waals surface area (Å²) in [6.45, 7) is 5.19. The van der Waals surface area contributed by atoms with Crippen molar-refractivity contribution in [1.82, 2.24) is 0 Å². The van der Waals surface area contributed by atoms with E-state index < -0.39 is 0 Å². The fourth-order valence-electron chi connectivity index (χ4n) is 6.01. The standard InChI is InChI=1S/C42H80O2/c1-3-5-7-9-11-13-15-17-19-21-22-23-25-27-29-31-33-35-37-39-41-44-42(43)40-38-36-34-32-30-28-26-24-20-18-16-14-12-10-8-6-4-2/h17-20H,3-16,21-41H2,1-2H3/b19-17+,20-18+. The summed E-state index contributed by atoms with van der Waals surface area (Å²) in [6.07, 6.45) is 54.0. The first kappa shape index (κ1) is 43.0. The molecule has 0 saturated heterocycles. The zero-order valence-corrected chi connectivity index (χ0v) is 30.4. The fourth-order valence-corrected chi connectivity index (χ4v) is 6.01. The minimum Gasteiger partial charge on any atom is -0.466 e. The molecule has 0 heterocycles. The minimum absolute atomic E-state index is 0.0195. The van der Waals surface area contributed by atoms with Gasteiger partial charge in [0, 0.05) is 6.42 Å². The van der Waals surface area contributed by atoms with Crippen LogP contribution in [0.2, 0.25) is 0 Å². The van der Waals surface area contributed by atoms with Crippen LogP contribution in [0.5, 0.6) is 0 Å². The lowest BCUT2D eigenvalue weighted by Crippen LogP contribution is -2.05. The highest BCUT2D eigenvalue weighted by molar-refractivity contribution is 5.69. The van der Waals surface area contributed by atoms with E-state index in [4.69, 9.17) is 4.74 Å². The molecule has 44 heavy (non-hydrogen) atoms. The number of esters is 1. The highest BCUT2D eigenvalue weighted by Gasteiger charge is 2.02. The summed E-state index contributed by atoms with van der Waals surface area (Å²) in [5.74, 6) is 0.0195. The van der Waals surface area contributed by atoms with Gasteiger partial charge in [0.25, 0.3) is 0 Å². The van der Waals surface area contributed by atoms with Crippen molar-refractivity contribution in [2.75, 3.05) is 6.61 Å². The van der Waals surface area contributed by atoms with E-state index in [0.29, 0.717) is 13.0 Å². The topological polar surface area (TPSA) is 26.3 Å². The SMILES string of the molecule is CCCCCCCC/C=C/CCCCCCCCCCCCOC(=O)CCCCCCCCC/C=C/CCCCCCCC. The maximum absolute atomic E-state index is 12.0. The Bertz CT molecular complexity index is 593. The van der Waals surface area contributed by atoms with Crippen molar-refractivity contribution in [3.8, 4) is 0 Å². The van der Waals surface area contributed by atoms with Gasteiger partial charge in [0.2, 0.25) is 0 Å². The Morgan fingerprint density at radius 3 is 0.977 bits per heavy atom. The third kappa shape index (κ3) is 39.0. The van der Waals surface area contributed by atoms with Gasteiger partial charge in [0.15, 0.2) is 0 Å². The zero-order valence-electron chi connectivity index (χ0n) is 30.4. The quantitative estimate of drug-likeness (QED) is 0.0394. The number of carbonyl (C=O) groups is 1. The third-order valence-electron chi connectivity index (χ3n) is 9.06. The molecule has 0 bridgehead atoms. The van der Waals surface area contributed by atoms with E-state index >= 15 is 0 Å². The van der Waals surface area contributed by atoms with Crippen LogP contribution in [0.15, 0.2) is 24.3 Å². The molecule has 0 radical (unpaired) electrons. The van der Waals surface area contributed by atoms with Crippen LogP contribution in [0.1, 0.15) is 232 Å². The molecule has 0 aliphatic carbocycles. The largest absolute Gasteiger partial charge is 0.466 e. The van der Waals surface area contributed by atoms with Crippen molar-refractivity contribution < 1.29 is 9.53 Å². The highest BCUT2D eigenvalue weighted by atomic mass is 16.5. The van der Waals surface area contributed by atoms with E-state index in [0.717, 1.165) is 12.8 Å². The molecule has 2 nitrogen and oxygen atoms in total. The maximum atomic E-state index is 12.0. The smallest absolute Gasteiger partial charge is 0.305 e. The van der Waals surface area contributed by atoms with Gasteiger partial charge in [-0.2, -0.15) is 0 Å². The molecule has 0 atom stereocenters. The van der Waals surface area contributed by atoms with Gasteiger partial charge in [0.1, 0.15) is 0 Å². The number of rotatable bonds is 37. The van der Waals surface area contributed by atoms with Crippen LogP contribution in [0.3, 0.4) is 0 Å². The van der Waals surface area contributed by atoms with Crippen LogP contribution in [0, 0.1) is 0 Å². The van der Waals surface area contributed by atoms with Crippen LogP contribution in [0.25, 0.3) is 0 Å². The Balaban J connectivity index is 3.21. The fraction of sp³-hybridized carbons (Fsp3) is 0.881. The Morgan fingerprint density at radius 1 is 0.364 bits per heavy atom. The molecule has 0 aromatic carbocycles. The predicted molar refractivity (Wildman–Crippen MR) is 198 cm³/mol. The molecule has 0 aromatic rings. The lowest BCUT2D eigenvalue weighted by atomic mass is 10.1. The van der Waals surface area contributed by atoms with Gasteiger partial charge in [-0.05, 0) is 64.2 Å². The van der Waals surface area contributed by atoms with E-state index in [1.165, 1.54) is 199 Å². The van der Waals surface area contributed by atoms with Crippen molar-refractivity contribution in [1.29, 1.82) is 0 Å². The third-order valence-corrected chi connectivity index (χ3v) is 9.06. The molecule has 0 aliphatic rings. The van der Waals surface area contributed by atoms with E-state index in [1.54, 1.807) is 0 Å². The van der Waals surface area contributed by atoms with Crippen molar-refractivity contribution in [3.05, 3.63) is 24.3 Å². The lowest BCUT2D eigenvalue weighted by molar-refractivity contribution is -0.143. The van der Waals surface area contributed by atoms with Crippen molar-refractivity contribution in [2.45, 2.75) is 232 Å². The molecular formula is C42H80O2. The number of allylic oxidation sites excluding steroid dienone is 4. The number of unbranched alkanes of at least 4 members (excludes halogenated alkanes) is 29. The molecule has 0 saturated carbocycles. The molecule has 0 aromatic heterocycles. The van der Waals surface area contributed by atoms with Crippen molar-refractivity contribution in [2.24, 2.45) is 0 Å². The summed E-state index contributed by atoms with van der Waals surface area (Å²) in [4.78, 5) is 12.0. The summed E-state index contributed by atoms with van der Waals surface area (Å²) in [5.41, 5.74) is 0. The van der Waals surface area contributed by atoms with Crippen LogP contribution in [-0.4, -0.2) is 12.6 Å². The molecule has 0 unspecified atom stereocenters. The van der Waals surface area contributed by atoms with Crippen LogP contribution in [-0.2, 0) is 9.53 Å². The summed E-state index contributed by atoms with van der Waals surface area (Å²) >= 11 is 0.